The minimum absolute atomic E-state index is 0.0737. The minimum atomic E-state index is -3.50. The van der Waals surface area contributed by atoms with Crippen LogP contribution in [-0.2, 0) is 23.0 Å². The second-order valence-corrected chi connectivity index (χ2v) is 9.60. The van der Waals surface area contributed by atoms with E-state index in [9.17, 15) is 13.7 Å². The number of azide groups is 1. The molecule has 3 rings (SSSR count). The molecule has 0 aromatic heterocycles. The molecule has 1 aliphatic rings. The van der Waals surface area contributed by atoms with Crippen LogP contribution in [0.3, 0.4) is 0 Å². The van der Waals surface area contributed by atoms with Gasteiger partial charge in [-0.05, 0) is 47.7 Å². The van der Waals surface area contributed by atoms with Gasteiger partial charge in [-0.25, -0.2) is 8.42 Å². The van der Waals surface area contributed by atoms with Crippen LogP contribution in [-0.4, -0.2) is 44.2 Å². The number of rotatable bonds is 8. The minimum Gasteiger partial charge on any atom is -0.370 e. The molecule has 0 N–H and O–H groups in total. The third kappa shape index (κ3) is 5.56. The van der Waals surface area contributed by atoms with Gasteiger partial charge in [0, 0.05) is 42.8 Å². The number of benzene rings is 2. The number of fused-ring (bicyclic) bond motifs is 1. The molecule has 0 aliphatic carbocycles. The molecule has 8 nitrogen and oxygen atoms in total. The number of hydrogen-bond donors (Lipinski definition) is 0. The summed E-state index contributed by atoms with van der Waals surface area (Å²) in [6, 6.07) is 17.0. The molecule has 9 heteroatoms. The first-order chi connectivity index (χ1) is 15.0. The molecular formula is C22H26N6O2S. The Kier molecular flexibility index (Phi) is 7.53. The Morgan fingerprint density at radius 1 is 1.26 bits per heavy atom. The Morgan fingerprint density at radius 3 is 2.71 bits per heavy atom. The predicted octanol–water partition coefficient (Wildman–Crippen LogP) is 3.84. The highest BCUT2D eigenvalue weighted by Gasteiger charge is 2.35. The van der Waals surface area contributed by atoms with Crippen molar-refractivity contribution in [3.05, 3.63) is 75.7 Å². The van der Waals surface area contributed by atoms with E-state index in [4.69, 9.17) is 5.53 Å². The maximum Gasteiger partial charge on any atom is 0.214 e. The lowest BCUT2D eigenvalue weighted by atomic mass is 10.1. The van der Waals surface area contributed by atoms with E-state index in [1.54, 1.807) is 16.4 Å². The van der Waals surface area contributed by atoms with E-state index in [-0.39, 0.29) is 24.9 Å². The van der Waals surface area contributed by atoms with Gasteiger partial charge in [0.15, 0.2) is 0 Å². The number of hydrogen-bond acceptors (Lipinski definition) is 5. The molecule has 1 aliphatic heterocycles. The predicted molar refractivity (Wildman–Crippen MR) is 121 cm³/mol. The fraction of sp³-hybridized carbons (Fsp3) is 0.409. The first-order valence-corrected chi connectivity index (χ1v) is 11.9. The zero-order valence-corrected chi connectivity index (χ0v) is 18.4. The van der Waals surface area contributed by atoms with Gasteiger partial charge < -0.3 is 4.90 Å². The van der Waals surface area contributed by atoms with E-state index < -0.39 is 10.0 Å². The Labute approximate surface area is 183 Å². The van der Waals surface area contributed by atoms with Gasteiger partial charge in [-0.15, -0.1) is 0 Å². The first kappa shape index (κ1) is 22.6. The molecule has 0 unspecified atom stereocenters. The van der Waals surface area contributed by atoms with Crippen LogP contribution in [0.15, 0.2) is 53.6 Å². The van der Waals surface area contributed by atoms with E-state index in [0.29, 0.717) is 31.5 Å². The maximum atomic E-state index is 13.2. The highest BCUT2D eigenvalue weighted by molar-refractivity contribution is 7.89. The van der Waals surface area contributed by atoms with Crippen molar-refractivity contribution in [3.8, 4) is 6.07 Å². The molecule has 0 amide bonds. The van der Waals surface area contributed by atoms with Crippen LogP contribution >= 0.6 is 0 Å². The van der Waals surface area contributed by atoms with Crippen LogP contribution in [0, 0.1) is 11.3 Å². The molecule has 2 aromatic carbocycles. The normalized spacial score (nSPS) is 16.6. The SMILES string of the molecule is CCCS(=O)(=O)N1Cc2cc(C#N)ccc2N(CCN=[N+]=[N-])C[C@H]1Cc1ccccc1. The van der Waals surface area contributed by atoms with E-state index >= 15 is 0 Å². The van der Waals surface area contributed by atoms with Crippen molar-refractivity contribution in [1.29, 1.82) is 5.26 Å². The van der Waals surface area contributed by atoms with Gasteiger partial charge in [0.05, 0.1) is 17.4 Å². The number of nitrogens with zero attached hydrogens (tertiary/aromatic N) is 6. The van der Waals surface area contributed by atoms with Gasteiger partial charge >= 0.3 is 0 Å². The molecule has 2 aromatic rings. The fourth-order valence-electron chi connectivity index (χ4n) is 4.01. The second-order valence-electron chi connectivity index (χ2n) is 7.56. The third-order valence-electron chi connectivity index (χ3n) is 5.38. The summed E-state index contributed by atoms with van der Waals surface area (Å²) in [7, 11) is -3.50. The second kappa shape index (κ2) is 10.3. The van der Waals surface area contributed by atoms with Crippen molar-refractivity contribution in [2.24, 2.45) is 5.11 Å². The molecule has 1 atom stereocenters. The number of anilines is 1. The summed E-state index contributed by atoms with van der Waals surface area (Å²) < 4.78 is 28.1. The van der Waals surface area contributed by atoms with Gasteiger partial charge in [-0.2, -0.15) is 9.57 Å². The molecule has 0 spiro atoms. The quantitative estimate of drug-likeness (QED) is 0.354. The first-order valence-electron chi connectivity index (χ1n) is 10.3. The Bertz CT molecular complexity index is 1090. The van der Waals surface area contributed by atoms with Crippen molar-refractivity contribution >= 4 is 15.7 Å². The number of sulfonamides is 1. The van der Waals surface area contributed by atoms with Crippen LogP contribution in [0.5, 0.6) is 0 Å². The zero-order chi connectivity index (χ0) is 22.3. The molecule has 0 radical (unpaired) electrons. The molecule has 31 heavy (non-hydrogen) atoms. The lowest BCUT2D eigenvalue weighted by Crippen LogP contribution is -2.46. The van der Waals surface area contributed by atoms with Gasteiger partial charge in [-0.1, -0.05) is 42.4 Å². The van der Waals surface area contributed by atoms with Crippen LogP contribution in [0.2, 0.25) is 0 Å². The fourth-order valence-corrected chi connectivity index (χ4v) is 5.69. The molecule has 0 saturated heterocycles. The lowest BCUT2D eigenvalue weighted by molar-refractivity contribution is 0.318. The molecular weight excluding hydrogens is 412 g/mol. The van der Waals surface area contributed by atoms with Crippen molar-refractivity contribution < 1.29 is 8.42 Å². The lowest BCUT2D eigenvalue weighted by Gasteiger charge is -2.32. The summed E-state index contributed by atoms with van der Waals surface area (Å²) in [5.41, 5.74) is 11.9. The zero-order valence-electron chi connectivity index (χ0n) is 17.6. The van der Waals surface area contributed by atoms with E-state index in [0.717, 1.165) is 16.8 Å². The van der Waals surface area contributed by atoms with Gasteiger partial charge in [-0.3, -0.25) is 0 Å². The Morgan fingerprint density at radius 2 is 2.03 bits per heavy atom. The summed E-state index contributed by atoms with van der Waals surface area (Å²) in [6.45, 7) is 3.28. The highest BCUT2D eigenvalue weighted by Crippen LogP contribution is 2.31. The van der Waals surface area contributed by atoms with E-state index in [1.165, 1.54) is 0 Å². The van der Waals surface area contributed by atoms with Crippen LogP contribution < -0.4 is 4.90 Å². The Balaban J connectivity index is 2.06. The summed E-state index contributed by atoms with van der Waals surface area (Å²) in [5, 5.41) is 13.0. The van der Waals surface area contributed by atoms with Crippen molar-refractivity contribution in [3.63, 3.8) is 0 Å². The van der Waals surface area contributed by atoms with Crippen LogP contribution in [0.4, 0.5) is 5.69 Å². The van der Waals surface area contributed by atoms with Crippen LogP contribution in [0.25, 0.3) is 10.4 Å². The highest BCUT2D eigenvalue weighted by atomic mass is 32.2. The summed E-state index contributed by atoms with van der Waals surface area (Å²) in [4.78, 5) is 4.91. The van der Waals surface area contributed by atoms with Gasteiger partial charge in [0.25, 0.3) is 0 Å². The summed E-state index contributed by atoms with van der Waals surface area (Å²) >= 11 is 0. The monoisotopic (exact) mass is 438 g/mol. The summed E-state index contributed by atoms with van der Waals surface area (Å²) in [5.74, 6) is 0.0737. The smallest absolute Gasteiger partial charge is 0.214 e. The summed E-state index contributed by atoms with van der Waals surface area (Å²) in [6.07, 6.45) is 1.10. The van der Waals surface area contributed by atoms with Crippen molar-refractivity contribution in [2.45, 2.75) is 32.4 Å². The standard InChI is InChI=1S/C22H26N6O2S/c1-2-12-31(29,30)28-16-20-13-19(15-23)8-9-22(20)27(11-10-25-26-24)17-21(28)14-18-6-4-3-5-7-18/h3-9,13,21H,2,10-12,14,16-17H2,1H3/t21-/m1/s1. The van der Waals surface area contributed by atoms with E-state index in [2.05, 4.69) is 21.0 Å². The largest absolute Gasteiger partial charge is 0.370 e. The molecule has 0 saturated carbocycles. The molecule has 162 valence electrons. The van der Waals surface area contributed by atoms with Crippen molar-refractivity contribution in [2.75, 3.05) is 30.3 Å². The number of nitriles is 1. The van der Waals surface area contributed by atoms with Crippen LogP contribution in [0.1, 0.15) is 30.0 Å². The molecule has 0 bridgehead atoms. The van der Waals surface area contributed by atoms with Gasteiger partial charge in [0.1, 0.15) is 0 Å². The topological polar surface area (TPSA) is 113 Å². The molecule has 0 fully saturated rings. The average molecular weight is 439 g/mol. The van der Waals surface area contributed by atoms with Gasteiger partial charge in [0.2, 0.25) is 10.0 Å². The maximum absolute atomic E-state index is 13.2. The van der Waals surface area contributed by atoms with E-state index in [1.807, 2.05) is 43.3 Å². The van der Waals surface area contributed by atoms with Crippen molar-refractivity contribution in [1.82, 2.24) is 4.31 Å². The third-order valence-corrected chi connectivity index (χ3v) is 7.45. The molecule has 1 heterocycles. The average Bonchev–Trinajstić information content (AvgIpc) is 2.91. The Hall–Kier alpha value is -3.05.